The molecular formula is C32H55N3O7. The van der Waals surface area contributed by atoms with Crippen LogP contribution in [0.3, 0.4) is 0 Å². The Labute approximate surface area is 252 Å². The maximum Gasteiger partial charge on any atom is 0.302 e. The van der Waals surface area contributed by atoms with E-state index in [0.717, 1.165) is 18.4 Å². The number of rotatable bonds is 20. The van der Waals surface area contributed by atoms with Crippen molar-refractivity contribution in [1.82, 2.24) is 5.32 Å². The summed E-state index contributed by atoms with van der Waals surface area (Å²) in [6.45, 7) is 14.1. The predicted molar refractivity (Wildman–Crippen MR) is 164 cm³/mol. The summed E-state index contributed by atoms with van der Waals surface area (Å²) < 4.78 is 22.3. The number of methoxy groups -OCH3 is 2. The van der Waals surface area contributed by atoms with Crippen LogP contribution in [0.15, 0.2) is 18.2 Å². The first kappa shape index (κ1) is 37.2. The molecule has 5 N–H and O–H groups in total. The molecule has 2 amide bonds. The van der Waals surface area contributed by atoms with Gasteiger partial charge in [0, 0.05) is 45.6 Å². The van der Waals surface area contributed by atoms with Gasteiger partial charge in [0.15, 0.2) is 11.5 Å². The number of amides is 2. The van der Waals surface area contributed by atoms with Gasteiger partial charge < -0.3 is 35.7 Å². The lowest BCUT2D eigenvalue weighted by Crippen LogP contribution is -2.47. The van der Waals surface area contributed by atoms with Crippen LogP contribution in [0.4, 0.5) is 0 Å². The summed E-state index contributed by atoms with van der Waals surface area (Å²) in [6, 6.07) is 5.45. The minimum atomic E-state index is -0.885. The first-order valence-corrected chi connectivity index (χ1v) is 14.9. The van der Waals surface area contributed by atoms with Gasteiger partial charge in [0.25, 0.3) is 0 Å². The molecule has 4 atom stereocenters. The summed E-state index contributed by atoms with van der Waals surface area (Å²) in [7, 11) is 3.28. The van der Waals surface area contributed by atoms with Gasteiger partial charge in [0.05, 0.1) is 19.1 Å². The molecule has 1 rings (SSSR count). The first-order chi connectivity index (χ1) is 19.6. The summed E-state index contributed by atoms with van der Waals surface area (Å²) in [4.78, 5) is 37.0. The molecule has 42 heavy (non-hydrogen) atoms. The van der Waals surface area contributed by atoms with Gasteiger partial charge in [-0.3, -0.25) is 14.4 Å². The highest BCUT2D eigenvalue weighted by Crippen LogP contribution is 2.32. The van der Waals surface area contributed by atoms with E-state index in [1.54, 1.807) is 28.1 Å². The molecule has 0 bridgehead atoms. The van der Waals surface area contributed by atoms with Crippen LogP contribution < -0.4 is 26.3 Å². The van der Waals surface area contributed by atoms with Crippen molar-refractivity contribution in [2.24, 2.45) is 40.6 Å². The van der Waals surface area contributed by atoms with E-state index in [1.807, 2.05) is 32.0 Å². The Balaban J connectivity index is 3.08. The van der Waals surface area contributed by atoms with Crippen molar-refractivity contribution in [3.63, 3.8) is 0 Å². The van der Waals surface area contributed by atoms with Gasteiger partial charge in [-0.15, -0.1) is 0 Å². The highest BCUT2D eigenvalue weighted by molar-refractivity contribution is 5.83. The van der Waals surface area contributed by atoms with Crippen molar-refractivity contribution in [1.29, 1.82) is 0 Å². The number of nitrogens with one attached hydrogen (secondary N) is 1. The van der Waals surface area contributed by atoms with E-state index in [9.17, 15) is 14.4 Å². The van der Waals surface area contributed by atoms with E-state index in [2.05, 4.69) is 19.2 Å². The van der Waals surface area contributed by atoms with Gasteiger partial charge >= 0.3 is 5.97 Å². The van der Waals surface area contributed by atoms with Crippen LogP contribution in [0.1, 0.15) is 73.3 Å². The van der Waals surface area contributed by atoms with Crippen molar-refractivity contribution in [2.45, 2.75) is 86.3 Å². The zero-order valence-electron chi connectivity index (χ0n) is 27.2. The zero-order chi connectivity index (χ0) is 32.0. The number of primary amides is 1. The minimum Gasteiger partial charge on any atom is -0.493 e. The largest absolute Gasteiger partial charge is 0.493 e. The van der Waals surface area contributed by atoms with Gasteiger partial charge in [-0.25, -0.2) is 0 Å². The smallest absolute Gasteiger partial charge is 0.302 e. The third-order valence-corrected chi connectivity index (χ3v) is 7.79. The number of benzene rings is 1. The molecule has 1 aromatic carbocycles. The van der Waals surface area contributed by atoms with Crippen LogP contribution in [0.2, 0.25) is 0 Å². The van der Waals surface area contributed by atoms with Crippen molar-refractivity contribution < 1.29 is 33.3 Å². The number of carbonyl (C=O) groups excluding carboxylic acids is 3. The topological polar surface area (TPSA) is 152 Å². The number of hydrogen-bond acceptors (Lipinski definition) is 8. The summed E-state index contributed by atoms with van der Waals surface area (Å²) in [5.41, 5.74) is 12.4. The fraction of sp³-hybridized carbons (Fsp3) is 0.719. The van der Waals surface area contributed by atoms with Crippen molar-refractivity contribution >= 4 is 17.8 Å². The van der Waals surface area contributed by atoms with Crippen LogP contribution >= 0.6 is 0 Å². The number of ether oxygens (including phenoxy) is 4. The van der Waals surface area contributed by atoms with E-state index in [4.69, 9.17) is 30.4 Å². The van der Waals surface area contributed by atoms with Crippen LogP contribution in [-0.4, -0.2) is 63.9 Å². The second-order valence-corrected chi connectivity index (χ2v) is 12.5. The van der Waals surface area contributed by atoms with Gasteiger partial charge in [-0.1, -0.05) is 33.8 Å². The van der Waals surface area contributed by atoms with Crippen molar-refractivity contribution in [2.75, 3.05) is 34.0 Å². The zero-order valence-corrected chi connectivity index (χ0v) is 27.2. The number of nitrogens with two attached hydrogens (primary N) is 2. The summed E-state index contributed by atoms with van der Waals surface area (Å²) >= 11 is 0. The van der Waals surface area contributed by atoms with Gasteiger partial charge in [0.1, 0.15) is 6.10 Å². The predicted octanol–water partition coefficient (Wildman–Crippen LogP) is 3.86. The van der Waals surface area contributed by atoms with Crippen LogP contribution in [0, 0.1) is 29.1 Å². The molecule has 0 unspecified atom stereocenters. The molecule has 0 saturated heterocycles. The number of esters is 1. The molecule has 10 heteroatoms. The van der Waals surface area contributed by atoms with E-state index < -0.39 is 35.4 Å². The molecule has 0 saturated carbocycles. The summed E-state index contributed by atoms with van der Waals surface area (Å²) in [5, 5.41) is 2.86. The van der Waals surface area contributed by atoms with Gasteiger partial charge in [0.2, 0.25) is 11.8 Å². The number of carbonyl (C=O) groups is 3. The summed E-state index contributed by atoms with van der Waals surface area (Å²) in [5.74, 6) is 0.139. The number of hydrogen-bond donors (Lipinski definition) is 3. The highest BCUT2D eigenvalue weighted by Gasteiger charge is 2.34. The fourth-order valence-corrected chi connectivity index (χ4v) is 4.72. The molecule has 10 nitrogen and oxygen atoms in total. The molecule has 0 aromatic heterocycles. The molecule has 0 heterocycles. The minimum absolute atomic E-state index is 0.0468. The Bertz CT molecular complexity index is 996. The van der Waals surface area contributed by atoms with E-state index in [0.29, 0.717) is 37.1 Å². The third kappa shape index (κ3) is 12.6. The Morgan fingerprint density at radius 2 is 1.64 bits per heavy atom. The monoisotopic (exact) mass is 593 g/mol. The normalized spacial score (nSPS) is 14.7. The SMILES string of the molecule is COCCCOc1cc(C[C@@H](C[C@H](N)[C@H](C[C@@H](C(=O)NCC(C)(C)C(N)=O)C(C)C)OC(C)=O)C(C)C)ccc1OC. The average molecular weight is 594 g/mol. The third-order valence-electron chi connectivity index (χ3n) is 7.79. The Hall–Kier alpha value is -2.85. The first-order valence-electron chi connectivity index (χ1n) is 14.9. The molecule has 0 aliphatic carbocycles. The maximum atomic E-state index is 13.2. The standard InChI is InChI=1S/C32H55N3O7/c1-20(2)24(15-23-11-12-27(40-9)29(16-23)41-14-10-13-39-8)17-26(33)28(42-22(5)36)18-25(21(3)4)30(37)35-19-32(6,7)31(34)38/h11-12,16,20-21,24-26,28H,10,13-15,17-19,33H2,1-9H3,(H2,34,38)(H,35,37)/t24-,25+,26-,28-/m0/s1. The summed E-state index contributed by atoms with van der Waals surface area (Å²) in [6.07, 6.45) is 1.72. The van der Waals surface area contributed by atoms with Crippen LogP contribution in [0.25, 0.3) is 0 Å². The molecular weight excluding hydrogens is 538 g/mol. The quantitative estimate of drug-likeness (QED) is 0.152. The molecule has 1 aromatic rings. The van der Waals surface area contributed by atoms with E-state index in [-0.39, 0.29) is 30.7 Å². The molecule has 240 valence electrons. The lowest BCUT2D eigenvalue weighted by molar-refractivity contribution is -0.150. The highest BCUT2D eigenvalue weighted by atomic mass is 16.5. The van der Waals surface area contributed by atoms with E-state index in [1.165, 1.54) is 6.92 Å². The Kier molecular flexibility index (Phi) is 15.9. The maximum absolute atomic E-state index is 13.2. The van der Waals surface area contributed by atoms with Crippen LogP contribution in [0.5, 0.6) is 11.5 Å². The van der Waals surface area contributed by atoms with Crippen LogP contribution in [-0.2, 0) is 30.3 Å². The van der Waals surface area contributed by atoms with Crippen molar-refractivity contribution in [3.8, 4) is 11.5 Å². The Morgan fingerprint density at radius 3 is 2.17 bits per heavy atom. The molecule has 0 spiro atoms. The Morgan fingerprint density at radius 1 is 0.976 bits per heavy atom. The molecule has 0 aliphatic heterocycles. The fourth-order valence-electron chi connectivity index (χ4n) is 4.72. The van der Waals surface area contributed by atoms with E-state index >= 15 is 0 Å². The van der Waals surface area contributed by atoms with Gasteiger partial charge in [-0.2, -0.15) is 0 Å². The molecule has 0 fully saturated rings. The molecule has 0 aliphatic rings. The van der Waals surface area contributed by atoms with Crippen molar-refractivity contribution in [3.05, 3.63) is 23.8 Å². The lowest BCUT2D eigenvalue weighted by atomic mass is 9.80. The van der Waals surface area contributed by atoms with Gasteiger partial charge in [-0.05, 0) is 68.6 Å². The second kappa shape index (κ2) is 18.0. The average Bonchev–Trinajstić information content (AvgIpc) is 2.91. The second-order valence-electron chi connectivity index (χ2n) is 12.5. The lowest BCUT2D eigenvalue weighted by Gasteiger charge is -2.32. The molecule has 0 radical (unpaired) electrons.